The summed E-state index contributed by atoms with van der Waals surface area (Å²) in [5.41, 5.74) is 4.63. The maximum Gasteiger partial charge on any atom is 0.329 e. The van der Waals surface area contributed by atoms with Crippen molar-refractivity contribution in [1.29, 1.82) is 0 Å². The van der Waals surface area contributed by atoms with E-state index in [-0.39, 0.29) is 5.91 Å². The van der Waals surface area contributed by atoms with Crippen molar-refractivity contribution >= 4 is 17.8 Å². The molecule has 1 aliphatic rings. The summed E-state index contributed by atoms with van der Waals surface area (Å²) in [4.78, 5) is 36.1. The topological polar surface area (TPSA) is 101 Å². The lowest BCUT2D eigenvalue weighted by molar-refractivity contribution is -0.147. The van der Waals surface area contributed by atoms with E-state index in [0.717, 1.165) is 0 Å². The third-order valence-electron chi connectivity index (χ3n) is 3.76. The minimum absolute atomic E-state index is 0.309. The minimum atomic E-state index is -1.17. The fraction of sp³-hybridized carbons (Fsp3) is 0.357. The van der Waals surface area contributed by atoms with Gasteiger partial charge in [0.05, 0.1) is 0 Å². The monoisotopic (exact) mass is 276 g/mol. The van der Waals surface area contributed by atoms with Crippen molar-refractivity contribution in [1.82, 2.24) is 4.90 Å². The summed E-state index contributed by atoms with van der Waals surface area (Å²) < 4.78 is 0. The van der Waals surface area contributed by atoms with Gasteiger partial charge in [0, 0.05) is 17.7 Å². The number of hydrogen-bond acceptors (Lipinski definition) is 3. The van der Waals surface area contributed by atoms with Crippen LogP contribution < -0.4 is 5.73 Å². The zero-order chi connectivity index (χ0) is 14.9. The van der Waals surface area contributed by atoms with E-state index in [1.807, 2.05) is 0 Å². The SMILES string of the molecule is CC1(C(=O)O)CCCN1C(=O)c1ccc(C(N)=O)cc1. The highest BCUT2D eigenvalue weighted by Gasteiger charge is 2.46. The maximum atomic E-state index is 12.4. The Hall–Kier alpha value is -2.37. The van der Waals surface area contributed by atoms with Crippen molar-refractivity contribution in [3.05, 3.63) is 35.4 Å². The van der Waals surface area contributed by atoms with E-state index in [4.69, 9.17) is 5.73 Å². The number of carboxylic acids is 1. The molecular weight excluding hydrogens is 260 g/mol. The smallest absolute Gasteiger partial charge is 0.329 e. The molecule has 1 heterocycles. The minimum Gasteiger partial charge on any atom is -0.480 e. The molecule has 0 aromatic heterocycles. The van der Waals surface area contributed by atoms with E-state index in [0.29, 0.717) is 30.5 Å². The zero-order valence-corrected chi connectivity index (χ0v) is 11.1. The summed E-state index contributed by atoms with van der Waals surface area (Å²) in [6.07, 6.45) is 1.10. The highest BCUT2D eigenvalue weighted by atomic mass is 16.4. The van der Waals surface area contributed by atoms with E-state index >= 15 is 0 Å². The summed E-state index contributed by atoms with van der Waals surface area (Å²) in [5.74, 6) is -1.92. The molecule has 1 saturated heterocycles. The predicted octanol–water partition coefficient (Wildman–Crippen LogP) is 0.865. The molecule has 1 unspecified atom stereocenters. The normalized spacial score (nSPS) is 21.8. The average Bonchev–Trinajstić information content (AvgIpc) is 2.81. The van der Waals surface area contributed by atoms with E-state index in [9.17, 15) is 19.5 Å². The molecule has 6 heteroatoms. The lowest BCUT2D eigenvalue weighted by Crippen LogP contribution is -2.50. The van der Waals surface area contributed by atoms with Gasteiger partial charge in [-0.3, -0.25) is 9.59 Å². The second kappa shape index (κ2) is 4.96. The van der Waals surface area contributed by atoms with Gasteiger partial charge < -0.3 is 15.7 Å². The van der Waals surface area contributed by atoms with Crippen molar-refractivity contribution in [2.45, 2.75) is 25.3 Å². The van der Waals surface area contributed by atoms with Gasteiger partial charge in [0.15, 0.2) is 0 Å². The molecule has 0 radical (unpaired) electrons. The number of likely N-dealkylation sites (tertiary alicyclic amines) is 1. The summed E-state index contributed by atoms with van der Waals surface area (Å²) in [6, 6.07) is 5.90. The molecule has 2 rings (SSSR count). The van der Waals surface area contributed by atoms with E-state index < -0.39 is 17.4 Å². The highest BCUT2D eigenvalue weighted by molar-refractivity contribution is 5.99. The molecule has 0 saturated carbocycles. The van der Waals surface area contributed by atoms with E-state index in [2.05, 4.69) is 0 Å². The maximum absolute atomic E-state index is 12.4. The van der Waals surface area contributed by atoms with Gasteiger partial charge >= 0.3 is 5.97 Å². The van der Waals surface area contributed by atoms with Crippen LogP contribution in [0, 0.1) is 0 Å². The number of nitrogens with two attached hydrogens (primary N) is 1. The van der Waals surface area contributed by atoms with Crippen LogP contribution in [0.15, 0.2) is 24.3 Å². The van der Waals surface area contributed by atoms with E-state index in [1.54, 1.807) is 6.92 Å². The Bertz CT molecular complexity index is 567. The van der Waals surface area contributed by atoms with Gasteiger partial charge in [0.2, 0.25) is 5.91 Å². The number of hydrogen-bond donors (Lipinski definition) is 2. The first kappa shape index (κ1) is 14.0. The Kier molecular flexibility index (Phi) is 3.48. The van der Waals surface area contributed by atoms with Gasteiger partial charge in [-0.05, 0) is 44.0 Å². The first-order valence-electron chi connectivity index (χ1n) is 6.31. The molecule has 20 heavy (non-hydrogen) atoms. The number of primary amides is 1. The third-order valence-corrected chi connectivity index (χ3v) is 3.76. The van der Waals surface area contributed by atoms with Gasteiger partial charge in [-0.25, -0.2) is 4.79 Å². The van der Waals surface area contributed by atoms with Gasteiger partial charge in [0.1, 0.15) is 5.54 Å². The van der Waals surface area contributed by atoms with Crippen molar-refractivity contribution in [3.8, 4) is 0 Å². The highest BCUT2D eigenvalue weighted by Crippen LogP contribution is 2.30. The second-order valence-electron chi connectivity index (χ2n) is 5.08. The molecule has 0 bridgehead atoms. The van der Waals surface area contributed by atoms with Crippen LogP contribution in [0.2, 0.25) is 0 Å². The molecule has 2 amide bonds. The van der Waals surface area contributed by atoms with Crippen LogP contribution in [0.3, 0.4) is 0 Å². The molecule has 3 N–H and O–H groups in total. The Labute approximate surface area is 116 Å². The molecule has 1 atom stereocenters. The molecule has 1 fully saturated rings. The Morgan fingerprint density at radius 1 is 1.20 bits per heavy atom. The molecule has 1 aromatic carbocycles. The Morgan fingerprint density at radius 3 is 2.25 bits per heavy atom. The lowest BCUT2D eigenvalue weighted by Gasteiger charge is -2.31. The predicted molar refractivity (Wildman–Crippen MR) is 71.3 cm³/mol. The molecule has 106 valence electrons. The number of nitrogens with zero attached hydrogens (tertiary/aromatic N) is 1. The summed E-state index contributed by atoms with van der Waals surface area (Å²) in [6.45, 7) is 1.97. The number of carboxylic acid groups (broad SMARTS) is 1. The van der Waals surface area contributed by atoms with Crippen molar-refractivity contribution in [2.75, 3.05) is 6.54 Å². The molecule has 1 aliphatic heterocycles. The standard InChI is InChI=1S/C14H16N2O4/c1-14(13(19)20)7-2-8-16(14)12(18)10-5-3-9(4-6-10)11(15)17/h3-6H,2,7-8H2,1H3,(H2,15,17)(H,19,20). The fourth-order valence-corrected chi connectivity index (χ4v) is 2.44. The van der Waals surface area contributed by atoms with Gasteiger partial charge in [-0.15, -0.1) is 0 Å². The van der Waals surface area contributed by atoms with Crippen molar-refractivity contribution in [2.24, 2.45) is 5.73 Å². The Balaban J connectivity index is 2.27. The molecule has 0 aliphatic carbocycles. The molecule has 0 spiro atoms. The number of aliphatic carboxylic acids is 1. The number of rotatable bonds is 3. The molecular formula is C14H16N2O4. The summed E-state index contributed by atoms with van der Waals surface area (Å²) in [7, 11) is 0. The van der Waals surface area contributed by atoms with Crippen LogP contribution in [0.4, 0.5) is 0 Å². The van der Waals surface area contributed by atoms with E-state index in [1.165, 1.54) is 29.2 Å². The van der Waals surface area contributed by atoms with Crippen LogP contribution in [0.1, 0.15) is 40.5 Å². The zero-order valence-electron chi connectivity index (χ0n) is 11.1. The van der Waals surface area contributed by atoms with Gasteiger partial charge in [0.25, 0.3) is 5.91 Å². The molecule has 1 aromatic rings. The Morgan fingerprint density at radius 2 is 1.75 bits per heavy atom. The largest absolute Gasteiger partial charge is 0.480 e. The van der Waals surface area contributed by atoms with Crippen LogP contribution in [-0.2, 0) is 4.79 Å². The quantitative estimate of drug-likeness (QED) is 0.855. The summed E-state index contributed by atoms with van der Waals surface area (Å²) >= 11 is 0. The van der Waals surface area contributed by atoms with Gasteiger partial charge in [-0.1, -0.05) is 0 Å². The fourth-order valence-electron chi connectivity index (χ4n) is 2.44. The first-order valence-corrected chi connectivity index (χ1v) is 6.31. The number of benzene rings is 1. The first-order chi connectivity index (χ1) is 9.36. The lowest BCUT2D eigenvalue weighted by atomic mass is 9.98. The van der Waals surface area contributed by atoms with Gasteiger partial charge in [-0.2, -0.15) is 0 Å². The third kappa shape index (κ3) is 2.24. The van der Waals surface area contributed by atoms with Crippen LogP contribution in [0.25, 0.3) is 0 Å². The molecule has 6 nitrogen and oxygen atoms in total. The van der Waals surface area contributed by atoms with Crippen molar-refractivity contribution in [3.63, 3.8) is 0 Å². The number of amides is 2. The average molecular weight is 276 g/mol. The number of carbonyl (C=O) groups excluding carboxylic acids is 2. The van der Waals surface area contributed by atoms with Crippen LogP contribution in [0.5, 0.6) is 0 Å². The van der Waals surface area contributed by atoms with Crippen molar-refractivity contribution < 1.29 is 19.5 Å². The summed E-state index contributed by atoms with van der Waals surface area (Å²) in [5, 5.41) is 9.30. The van der Waals surface area contributed by atoms with Crippen LogP contribution in [-0.4, -0.2) is 39.9 Å². The number of carbonyl (C=O) groups is 3. The second-order valence-corrected chi connectivity index (χ2v) is 5.08. The van der Waals surface area contributed by atoms with Crippen LogP contribution >= 0.6 is 0 Å².